The lowest BCUT2D eigenvalue weighted by atomic mass is 9.90. The van der Waals surface area contributed by atoms with Gasteiger partial charge in [-0.2, -0.15) is 5.26 Å². The number of hydrogen-bond donors (Lipinski definition) is 1. The molecule has 0 radical (unpaired) electrons. The van der Waals surface area contributed by atoms with Gasteiger partial charge in [0.2, 0.25) is 0 Å². The highest BCUT2D eigenvalue weighted by Gasteiger charge is 2.21. The van der Waals surface area contributed by atoms with E-state index < -0.39 is 0 Å². The Morgan fingerprint density at radius 2 is 2.11 bits per heavy atom. The smallest absolute Gasteiger partial charge is 0.268 e. The minimum Gasteiger partial charge on any atom is -0.393 e. The summed E-state index contributed by atoms with van der Waals surface area (Å²) in [5.41, 5.74) is 6.16. The zero-order valence-corrected chi connectivity index (χ0v) is 12.5. The van der Waals surface area contributed by atoms with Gasteiger partial charge < -0.3 is 10.3 Å². The van der Waals surface area contributed by atoms with Crippen LogP contribution in [0, 0.1) is 17.2 Å². The number of thiocarbonyl (C=S) groups is 1. The Hall–Kier alpha value is -1.67. The first kappa shape index (κ1) is 15.4. The maximum absolute atomic E-state index is 12.3. The summed E-state index contributed by atoms with van der Waals surface area (Å²) < 4.78 is 1.61. The first-order valence-corrected chi connectivity index (χ1v) is 6.53. The molecule has 1 aromatic rings. The molecule has 0 aliphatic carbocycles. The molecule has 1 rings (SSSR count). The van der Waals surface area contributed by atoms with Crippen LogP contribution in [0.3, 0.4) is 0 Å². The molecule has 2 N–H and O–H groups in total. The Morgan fingerprint density at radius 1 is 1.53 bits per heavy atom. The lowest BCUT2D eigenvalue weighted by Gasteiger charge is -2.25. The van der Waals surface area contributed by atoms with E-state index >= 15 is 0 Å². The highest BCUT2D eigenvalue weighted by atomic mass is 32.1. The molecule has 19 heavy (non-hydrogen) atoms. The van der Waals surface area contributed by atoms with E-state index in [4.69, 9.17) is 23.2 Å². The summed E-state index contributed by atoms with van der Waals surface area (Å²) >= 11 is 4.96. The van der Waals surface area contributed by atoms with Crippen LogP contribution in [0.2, 0.25) is 0 Å². The highest BCUT2D eigenvalue weighted by Crippen LogP contribution is 2.22. The molecule has 0 bridgehead atoms. The molecular weight excluding hydrogens is 258 g/mol. The summed E-state index contributed by atoms with van der Waals surface area (Å²) in [6.07, 6.45) is 0. The van der Waals surface area contributed by atoms with Gasteiger partial charge in [-0.3, -0.25) is 4.79 Å². The van der Waals surface area contributed by atoms with E-state index in [-0.39, 0.29) is 22.5 Å². The molecule has 102 valence electrons. The largest absolute Gasteiger partial charge is 0.393 e. The van der Waals surface area contributed by atoms with Gasteiger partial charge in [0, 0.05) is 23.6 Å². The van der Waals surface area contributed by atoms with Crippen molar-refractivity contribution in [2.75, 3.05) is 0 Å². The first-order chi connectivity index (χ1) is 8.68. The predicted octanol–water partition coefficient (Wildman–Crippen LogP) is 1.94. The molecule has 0 aromatic carbocycles. The van der Waals surface area contributed by atoms with Crippen LogP contribution in [-0.2, 0) is 12.0 Å². The average Bonchev–Trinajstić information content (AvgIpc) is 2.29. The van der Waals surface area contributed by atoms with Gasteiger partial charge >= 0.3 is 0 Å². The quantitative estimate of drug-likeness (QED) is 0.857. The van der Waals surface area contributed by atoms with Crippen molar-refractivity contribution in [3.63, 3.8) is 0 Å². The zero-order chi connectivity index (χ0) is 14.8. The summed E-state index contributed by atoms with van der Waals surface area (Å²) in [4.78, 5) is 12.7. The van der Waals surface area contributed by atoms with Crippen molar-refractivity contribution in [3.8, 4) is 6.07 Å². The molecular formula is C14H19N3OS. The van der Waals surface area contributed by atoms with Crippen molar-refractivity contribution in [1.29, 1.82) is 5.26 Å². The zero-order valence-electron chi connectivity index (χ0n) is 11.7. The second-order valence-electron chi connectivity index (χ2n) is 5.71. The number of nitrogens with zero attached hydrogens (tertiary/aromatic N) is 2. The summed E-state index contributed by atoms with van der Waals surface area (Å²) in [7, 11) is 0. The molecule has 1 heterocycles. The Labute approximate surface area is 118 Å². The highest BCUT2D eigenvalue weighted by molar-refractivity contribution is 7.80. The van der Waals surface area contributed by atoms with Gasteiger partial charge in [0.15, 0.2) is 0 Å². The van der Waals surface area contributed by atoms with E-state index in [2.05, 4.69) is 0 Å². The van der Waals surface area contributed by atoms with E-state index in [1.165, 1.54) is 0 Å². The van der Waals surface area contributed by atoms with Crippen LogP contribution >= 0.6 is 12.2 Å². The van der Waals surface area contributed by atoms with Crippen LogP contribution in [0.5, 0.6) is 0 Å². The number of hydrogen-bond acceptors (Lipinski definition) is 3. The fraction of sp³-hybridized carbons (Fsp3) is 0.500. The maximum Gasteiger partial charge on any atom is 0.268 e. The Kier molecular flexibility index (Phi) is 4.48. The molecule has 1 unspecified atom stereocenters. The number of nitrogens with two attached hydrogens (primary N) is 1. The fourth-order valence-corrected chi connectivity index (χ4v) is 1.94. The van der Waals surface area contributed by atoms with E-state index in [0.29, 0.717) is 11.5 Å². The minimum absolute atomic E-state index is 0.0947. The van der Waals surface area contributed by atoms with Gasteiger partial charge in [-0.25, -0.2) is 0 Å². The predicted molar refractivity (Wildman–Crippen MR) is 80.1 cm³/mol. The van der Waals surface area contributed by atoms with Crippen molar-refractivity contribution in [2.24, 2.45) is 11.7 Å². The van der Waals surface area contributed by atoms with Crippen LogP contribution < -0.4 is 11.3 Å². The van der Waals surface area contributed by atoms with E-state index in [1.54, 1.807) is 10.6 Å². The Bertz CT molecular complexity index is 590. The first-order valence-electron chi connectivity index (χ1n) is 6.12. The fourth-order valence-electron chi connectivity index (χ4n) is 1.86. The second kappa shape index (κ2) is 5.54. The SMILES string of the molecule is CC(Cn1c(C(C)(C)C)ccc(C#N)c1=O)C(N)=S. The van der Waals surface area contributed by atoms with Crippen molar-refractivity contribution >= 4 is 17.2 Å². The van der Waals surface area contributed by atoms with Gasteiger partial charge in [0.25, 0.3) is 5.56 Å². The van der Waals surface area contributed by atoms with Crippen molar-refractivity contribution in [3.05, 3.63) is 33.7 Å². The second-order valence-corrected chi connectivity index (χ2v) is 6.18. The number of pyridine rings is 1. The molecule has 4 nitrogen and oxygen atoms in total. The van der Waals surface area contributed by atoms with Crippen LogP contribution in [0.1, 0.15) is 39.0 Å². The molecule has 0 aliphatic rings. The maximum atomic E-state index is 12.3. The third kappa shape index (κ3) is 3.42. The molecule has 0 spiro atoms. The van der Waals surface area contributed by atoms with Gasteiger partial charge in [-0.1, -0.05) is 39.9 Å². The minimum atomic E-state index is -0.280. The third-order valence-electron chi connectivity index (χ3n) is 3.01. The Morgan fingerprint density at radius 3 is 2.53 bits per heavy atom. The van der Waals surface area contributed by atoms with Crippen LogP contribution in [0.15, 0.2) is 16.9 Å². The average molecular weight is 277 g/mol. The topological polar surface area (TPSA) is 71.8 Å². The summed E-state index contributed by atoms with van der Waals surface area (Å²) in [5, 5.41) is 8.97. The van der Waals surface area contributed by atoms with Gasteiger partial charge in [0.05, 0.1) is 4.99 Å². The number of aromatic nitrogens is 1. The van der Waals surface area contributed by atoms with Crippen LogP contribution in [-0.4, -0.2) is 9.56 Å². The number of rotatable bonds is 3. The van der Waals surface area contributed by atoms with Crippen molar-refractivity contribution < 1.29 is 0 Å². The monoisotopic (exact) mass is 277 g/mol. The lowest BCUT2D eigenvalue weighted by Crippen LogP contribution is -2.35. The standard InChI is InChI=1S/C14H19N3OS/c1-9(12(16)19)8-17-11(14(2,3)4)6-5-10(7-15)13(17)18/h5-6,9H,8H2,1-4H3,(H2,16,19). The summed E-state index contributed by atoms with van der Waals surface area (Å²) in [6, 6.07) is 5.32. The lowest BCUT2D eigenvalue weighted by molar-refractivity contribution is 0.476. The van der Waals surface area contributed by atoms with Gasteiger partial charge in [-0.05, 0) is 12.1 Å². The van der Waals surface area contributed by atoms with Gasteiger partial charge in [-0.15, -0.1) is 0 Å². The molecule has 0 amide bonds. The van der Waals surface area contributed by atoms with Crippen LogP contribution in [0.4, 0.5) is 0 Å². The van der Waals surface area contributed by atoms with Crippen molar-refractivity contribution in [2.45, 2.75) is 39.7 Å². The van der Waals surface area contributed by atoms with E-state index in [0.717, 1.165) is 5.69 Å². The van der Waals surface area contributed by atoms with Crippen LogP contribution in [0.25, 0.3) is 0 Å². The molecule has 0 saturated heterocycles. The normalized spacial score (nSPS) is 12.8. The summed E-state index contributed by atoms with van der Waals surface area (Å²) in [6.45, 7) is 8.35. The number of nitriles is 1. The molecule has 0 aliphatic heterocycles. The van der Waals surface area contributed by atoms with Crippen molar-refractivity contribution in [1.82, 2.24) is 4.57 Å². The third-order valence-corrected chi connectivity index (χ3v) is 3.41. The Balaban J connectivity index is 3.44. The van der Waals surface area contributed by atoms with E-state index in [1.807, 2.05) is 39.8 Å². The molecule has 5 heteroatoms. The molecule has 1 atom stereocenters. The van der Waals surface area contributed by atoms with Gasteiger partial charge in [0.1, 0.15) is 11.6 Å². The molecule has 0 fully saturated rings. The van der Waals surface area contributed by atoms with E-state index in [9.17, 15) is 4.79 Å². The molecule has 1 aromatic heterocycles. The summed E-state index contributed by atoms with van der Waals surface area (Å²) in [5.74, 6) is -0.0947. The molecule has 0 saturated carbocycles.